The van der Waals surface area contributed by atoms with E-state index in [-0.39, 0.29) is 11.9 Å². The normalized spacial score (nSPS) is 14.7. The number of nitrogens with zero attached hydrogens (tertiary/aromatic N) is 4. The van der Waals surface area contributed by atoms with Crippen LogP contribution in [0.4, 0.5) is 18.9 Å². The van der Waals surface area contributed by atoms with Gasteiger partial charge in [-0.2, -0.15) is 23.4 Å². The van der Waals surface area contributed by atoms with Crippen LogP contribution in [0.1, 0.15) is 27.3 Å². The van der Waals surface area contributed by atoms with Crippen LogP contribution in [-0.4, -0.2) is 40.2 Å². The Morgan fingerprint density at radius 2 is 1.90 bits per heavy atom. The SMILES string of the molecule is Cc1nnc2ccc(C(=O)NC3CN(c4ccnc(C(F)(F)F)c4)C3)cc2c1C. The summed E-state index contributed by atoms with van der Waals surface area (Å²) in [5.74, 6) is -0.226. The molecule has 2 aromatic heterocycles. The van der Waals surface area contributed by atoms with Gasteiger partial charge in [-0.1, -0.05) is 0 Å². The molecule has 6 nitrogen and oxygen atoms in total. The first-order valence-electron chi connectivity index (χ1n) is 9.05. The highest BCUT2D eigenvalue weighted by Crippen LogP contribution is 2.31. The number of halogens is 3. The predicted octanol–water partition coefficient (Wildman–Crippen LogP) is 3.28. The number of aromatic nitrogens is 3. The minimum atomic E-state index is -4.48. The van der Waals surface area contributed by atoms with Gasteiger partial charge in [0, 0.05) is 35.9 Å². The van der Waals surface area contributed by atoms with Crippen LogP contribution in [0.15, 0.2) is 36.5 Å². The summed E-state index contributed by atoms with van der Waals surface area (Å²) in [6, 6.07) is 7.65. The van der Waals surface area contributed by atoms with Gasteiger partial charge >= 0.3 is 6.18 Å². The highest BCUT2D eigenvalue weighted by Gasteiger charge is 2.34. The van der Waals surface area contributed by atoms with Crippen molar-refractivity contribution in [3.8, 4) is 0 Å². The number of aryl methyl sites for hydroxylation is 2. The van der Waals surface area contributed by atoms with E-state index in [4.69, 9.17) is 0 Å². The van der Waals surface area contributed by atoms with Crippen molar-refractivity contribution in [3.63, 3.8) is 0 Å². The lowest BCUT2D eigenvalue weighted by Crippen LogP contribution is -2.59. The van der Waals surface area contributed by atoms with Gasteiger partial charge in [0.1, 0.15) is 5.69 Å². The molecule has 3 heterocycles. The van der Waals surface area contributed by atoms with Crippen LogP contribution in [-0.2, 0) is 6.18 Å². The maximum atomic E-state index is 12.8. The Morgan fingerprint density at radius 1 is 1.14 bits per heavy atom. The molecule has 0 saturated carbocycles. The molecule has 1 N–H and O–H groups in total. The Balaban J connectivity index is 1.42. The molecular weight excluding hydrogens is 383 g/mol. The monoisotopic (exact) mass is 401 g/mol. The molecule has 4 rings (SSSR count). The largest absolute Gasteiger partial charge is 0.433 e. The van der Waals surface area contributed by atoms with Gasteiger partial charge in [-0.25, -0.2) is 0 Å². The number of anilines is 1. The van der Waals surface area contributed by atoms with Crippen LogP contribution < -0.4 is 10.2 Å². The van der Waals surface area contributed by atoms with Crippen molar-refractivity contribution in [2.75, 3.05) is 18.0 Å². The summed E-state index contributed by atoms with van der Waals surface area (Å²) in [5, 5.41) is 12.0. The maximum absolute atomic E-state index is 12.8. The van der Waals surface area contributed by atoms with Crippen LogP contribution in [0, 0.1) is 13.8 Å². The molecule has 0 spiro atoms. The fourth-order valence-electron chi connectivity index (χ4n) is 3.28. The Hall–Kier alpha value is -3.23. The molecular formula is C20H18F3N5O. The van der Waals surface area contributed by atoms with Crippen LogP contribution in [0.5, 0.6) is 0 Å². The number of amides is 1. The van der Waals surface area contributed by atoms with Crippen molar-refractivity contribution in [3.05, 3.63) is 59.0 Å². The first-order valence-corrected chi connectivity index (χ1v) is 9.05. The van der Waals surface area contributed by atoms with Gasteiger partial charge in [-0.15, -0.1) is 0 Å². The van der Waals surface area contributed by atoms with E-state index in [1.54, 1.807) is 23.1 Å². The number of rotatable bonds is 3. The lowest BCUT2D eigenvalue weighted by Gasteiger charge is -2.41. The van der Waals surface area contributed by atoms with Crippen molar-refractivity contribution in [1.82, 2.24) is 20.5 Å². The second-order valence-electron chi connectivity index (χ2n) is 7.11. The maximum Gasteiger partial charge on any atom is 0.433 e. The van der Waals surface area contributed by atoms with E-state index in [9.17, 15) is 18.0 Å². The lowest BCUT2D eigenvalue weighted by atomic mass is 10.0. The molecule has 0 aliphatic carbocycles. The van der Waals surface area contributed by atoms with Gasteiger partial charge < -0.3 is 10.2 Å². The van der Waals surface area contributed by atoms with E-state index in [0.717, 1.165) is 34.4 Å². The van der Waals surface area contributed by atoms with E-state index < -0.39 is 11.9 Å². The number of carbonyl (C=O) groups is 1. The van der Waals surface area contributed by atoms with E-state index in [0.29, 0.717) is 24.3 Å². The molecule has 3 aromatic rings. The summed E-state index contributed by atoms with van der Waals surface area (Å²) in [6.07, 6.45) is -3.34. The Labute approximate surface area is 164 Å². The number of carbonyl (C=O) groups excluding carboxylic acids is 1. The third kappa shape index (κ3) is 3.72. The number of hydrogen-bond acceptors (Lipinski definition) is 5. The third-order valence-electron chi connectivity index (χ3n) is 5.13. The minimum absolute atomic E-state index is 0.140. The molecule has 0 radical (unpaired) electrons. The Bertz CT molecular complexity index is 1090. The van der Waals surface area contributed by atoms with Gasteiger partial charge in [0.2, 0.25) is 0 Å². The van der Waals surface area contributed by atoms with Crippen molar-refractivity contribution in [1.29, 1.82) is 0 Å². The first-order chi connectivity index (χ1) is 13.7. The van der Waals surface area contributed by atoms with Gasteiger partial charge in [-0.05, 0) is 49.7 Å². The summed E-state index contributed by atoms with van der Waals surface area (Å²) in [6.45, 7) is 4.66. The zero-order valence-electron chi connectivity index (χ0n) is 15.8. The topological polar surface area (TPSA) is 71.0 Å². The highest BCUT2D eigenvalue weighted by atomic mass is 19.4. The number of fused-ring (bicyclic) bond motifs is 1. The van der Waals surface area contributed by atoms with Crippen molar-refractivity contribution >= 4 is 22.5 Å². The van der Waals surface area contributed by atoms with Crippen LogP contribution in [0.3, 0.4) is 0 Å². The molecule has 150 valence electrons. The molecule has 0 atom stereocenters. The zero-order chi connectivity index (χ0) is 20.8. The summed E-state index contributed by atoms with van der Waals surface area (Å²) < 4.78 is 38.4. The fraction of sp³-hybridized carbons (Fsp3) is 0.300. The molecule has 1 fully saturated rings. The molecule has 1 aliphatic heterocycles. The van der Waals surface area contributed by atoms with Crippen LogP contribution in [0.25, 0.3) is 10.9 Å². The van der Waals surface area contributed by atoms with Crippen molar-refractivity contribution in [2.45, 2.75) is 26.1 Å². The average molecular weight is 401 g/mol. The van der Waals surface area contributed by atoms with Gasteiger partial charge in [0.25, 0.3) is 5.91 Å². The third-order valence-corrected chi connectivity index (χ3v) is 5.13. The predicted molar refractivity (Wildman–Crippen MR) is 102 cm³/mol. The number of nitrogens with one attached hydrogen (secondary N) is 1. The lowest BCUT2D eigenvalue weighted by molar-refractivity contribution is -0.141. The summed E-state index contributed by atoms with van der Waals surface area (Å²) in [7, 11) is 0. The molecule has 1 amide bonds. The number of pyridine rings is 1. The van der Waals surface area contributed by atoms with Crippen LogP contribution >= 0.6 is 0 Å². The van der Waals surface area contributed by atoms with Gasteiger partial charge in [0.05, 0.1) is 17.3 Å². The molecule has 0 bridgehead atoms. The zero-order valence-corrected chi connectivity index (χ0v) is 15.8. The van der Waals surface area contributed by atoms with Gasteiger partial charge in [-0.3, -0.25) is 9.78 Å². The molecule has 1 saturated heterocycles. The number of alkyl halides is 3. The summed E-state index contributed by atoms with van der Waals surface area (Å²) >= 11 is 0. The molecule has 9 heteroatoms. The second-order valence-corrected chi connectivity index (χ2v) is 7.11. The van der Waals surface area contributed by atoms with E-state index >= 15 is 0 Å². The Morgan fingerprint density at radius 3 is 2.62 bits per heavy atom. The van der Waals surface area contributed by atoms with E-state index in [1.165, 1.54) is 6.07 Å². The number of benzene rings is 1. The summed E-state index contributed by atoms with van der Waals surface area (Å²) in [4.78, 5) is 17.7. The van der Waals surface area contributed by atoms with Crippen molar-refractivity contribution in [2.24, 2.45) is 0 Å². The van der Waals surface area contributed by atoms with Crippen molar-refractivity contribution < 1.29 is 18.0 Å². The molecule has 1 aromatic carbocycles. The smallest absolute Gasteiger partial charge is 0.367 e. The van der Waals surface area contributed by atoms with Gasteiger partial charge in [0.15, 0.2) is 0 Å². The number of hydrogen-bond donors (Lipinski definition) is 1. The highest BCUT2D eigenvalue weighted by molar-refractivity contribution is 5.98. The molecule has 1 aliphatic rings. The fourth-order valence-corrected chi connectivity index (χ4v) is 3.28. The Kier molecular flexibility index (Phi) is 4.60. The summed E-state index contributed by atoms with van der Waals surface area (Å²) in [5.41, 5.74) is 2.52. The molecule has 29 heavy (non-hydrogen) atoms. The van der Waals surface area contributed by atoms with E-state index in [2.05, 4.69) is 20.5 Å². The van der Waals surface area contributed by atoms with Crippen LogP contribution in [0.2, 0.25) is 0 Å². The molecule has 0 unspecified atom stereocenters. The quantitative estimate of drug-likeness (QED) is 0.729. The first kappa shape index (κ1) is 19.1. The minimum Gasteiger partial charge on any atom is -0.367 e. The standard InChI is InChI=1S/C20H18F3N5O/c1-11-12(2)26-27-17-4-3-13(7-16(11)17)19(29)25-14-9-28(10-14)15-5-6-24-18(8-15)20(21,22)23/h3-8,14H,9-10H2,1-2H3,(H,25,29). The second kappa shape index (κ2) is 6.98. The van der Waals surface area contributed by atoms with E-state index in [1.807, 2.05) is 13.8 Å². The average Bonchev–Trinajstić information content (AvgIpc) is 2.66.